The van der Waals surface area contributed by atoms with E-state index in [1.165, 1.54) is 0 Å². The second kappa shape index (κ2) is 5.91. The fraction of sp³-hybridized carbons (Fsp3) is 0.333. The van der Waals surface area contributed by atoms with Crippen molar-refractivity contribution in [3.63, 3.8) is 0 Å². The molecule has 0 aliphatic carbocycles. The third kappa shape index (κ3) is 3.73. The van der Waals surface area contributed by atoms with Crippen molar-refractivity contribution < 1.29 is 43.4 Å². The number of benzene rings is 1. The van der Waals surface area contributed by atoms with Gasteiger partial charge in [-0.3, -0.25) is 0 Å². The maximum absolute atomic E-state index is 13.3. The van der Waals surface area contributed by atoms with E-state index in [0.717, 1.165) is 19.2 Å². The van der Waals surface area contributed by atoms with Crippen LogP contribution in [0.25, 0.3) is 0 Å². The monoisotopic (exact) mass is 353 g/mol. The van der Waals surface area contributed by atoms with Gasteiger partial charge in [-0.1, -0.05) is 18.2 Å². The zero-order valence-electron chi connectivity index (χ0n) is 10.1. The van der Waals surface area contributed by atoms with Crippen LogP contribution in [0.2, 0.25) is 0 Å². The Kier molecular flexibility index (Phi) is 5.04. The predicted molar refractivity (Wildman–Crippen MR) is 59.3 cm³/mol. The lowest BCUT2D eigenvalue weighted by Crippen LogP contribution is -2.35. The zero-order chi connectivity index (χ0) is 16.5. The molecule has 1 aromatic rings. The Morgan fingerprint density at radius 2 is 1.62 bits per heavy atom. The van der Waals surface area contributed by atoms with Crippen molar-refractivity contribution in [2.45, 2.75) is 17.0 Å². The summed E-state index contributed by atoms with van der Waals surface area (Å²) in [7, 11) is -7.57. The molecule has 1 atom stereocenters. The van der Waals surface area contributed by atoms with Gasteiger partial charge in [-0.25, -0.2) is 0 Å². The van der Waals surface area contributed by atoms with Crippen LogP contribution in [0.5, 0.6) is 0 Å². The Labute approximate surface area is 116 Å². The first-order valence-electron chi connectivity index (χ1n) is 4.93. The minimum atomic E-state index is -6.01. The van der Waals surface area contributed by atoms with E-state index in [4.69, 9.17) is 0 Å². The molecule has 0 aliphatic heterocycles. The molecule has 21 heavy (non-hydrogen) atoms. The van der Waals surface area contributed by atoms with Gasteiger partial charge in [0.2, 0.25) is 0 Å². The molecule has 118 valence electrons. The molecule has 1 rings (SSSR count). The highest BCUT2D eigenvalue weighted by Crippen LogP contribution is 2.46. The highest BCUT2D eigenvalue weighted by atomic mass is 32.2. The van der Waals surface area contributed by atoms with Crippen molar-refractivity contribution in [1.82, 2.24) is 0 Å². The molecule has 0 saturated heterocycles. The van der Waals surface area contributed by atoms with E-state index < -0.39 is 40.9 Å². The van der Waals surface area contributed by atoms with Crippen molar-refractivity contribution in [2.75, 3.05) is 7.11 Å². The van der Waals surface area contributed by atoms with Crippen LogP contribution < -0.4 is 0 Å². The second-order valence-electron chi connectivity index (χ2n) is 3.50. The normalized spacial score (nSPS) is 14.1. The molecule has 1 aromatic carbocycles. The average Bonchev–Trinajstić information content (AvgIpc) is 2.36. The second-order valence-corrected chi connectivity index (χ2v) is 6.26. The average molecular weight is 353 g/mol. The van der Waals surface area contributed by atoms with E-state index in [-0.39, 0.29) is 6.07 Å². The van der Waals surface area contributed by atoms with Crippen LogP contribution in [-0.4, -0.2) is 21.7 Å². The number of hydrogen-bond donors (Lipinski definition) is 0. The van der Waals surface area contributed by atoms with E-state index in [1.54, 1.807) is 0 Å². The molecule has 0 bridgehead atoms. The standard InChI is InChI=1S/C9H7F5O5PS/c1-18-20(15)19-21(16,17)7-5-3-2-4-6(7)8(10,11)9(12,13)14/h2-5H,1H3/q+1. The first kappa shape index (κ1) is 17.9. The van der Waals surface area contributed by atoms with Crippen molar-refractivity contribution in [3.05, 3.63) is 29.8 Å². The molecule has 0 aliphatic rings. The largest absolute Gasteiger partial charge is 0.714 e. The SMILES string of the molecule is CO[P+](=O)OS(=O)(=O)c1ccccc1C(F)(F)C(F)(F)F. The molecule has 0 fully saturated rings. The van der Waals surface area contributed by atoms with Crippen LogP contribution >= 0.6 is 8.25 Å². The fourth-order valence-corrected chi connectivity index (χ4v) is 3.16. The van der Waals surface area contributed by atoms with Gasteiger partial charge in [-0.15, -0.1) is 4.52 Å². The minimum Gasteiger partial charge on any atom is -0.191 e. The third-order valence-corrected chi connectivity index (χ3v) is 4.62. The summed E-state index contributed by atoms with van der Waals surface area (Å²) in [5.41, 5.74) is -1.84. The topological polar surface area (TPSA) is 69.7 Å². The molecule has 0 saturated carbocycles. The summed E-state index contributed by atoms with van der Waals surface area (Å²) in [5, 5.41) is 0. The summed E-state index contributed by atoms with van der Waals surface area (Å²) in [6.07, 6.45) is -6.01. The molecule has 5 nitrogen and oxygen atoms in total. The molecule has 0 radical (unpaired) electrons. The Bertz CT molecular complexity index is 642. The minimum absolute atomic E-state index is 0.281. The molecular formula is C9H7F5O5PS+. The smallest absolute Gasteiger partial charge is 0.191 e. The van der Waals surface area contributed by atoms with Crippen LogP contribution in [0, 0.1) is 0 Å². The first-order valence-corrected chi connectivity index (χ1v) is 7.44. The molecule has 0 aromatic heterocycles. The fourth-order valence-electron chi connectivity index (χ4n) is 1.25. The molecule has 0 heterocycles. The van der Waals surface area contributed by atoms with Gasteiger partial charge < -0.3 is 0 Å². The van der Waals surface area contributed by atoms with Gasteiger partial charge in [0.05, 0.1) is 12.7 Å². The lowest BCUT2D eigenvalue weighted by Gasteiger charge is -2.21. The number of rotatable bonds is 5. The molecule has 0 amide bonds. The Hall–Kier alpha value is -1.16. The number of hydrogen-bond acceptors (Lipinski definition) is 5. The van der Waals surface area contributed by atoms with Gasteiger partial charge in [0.25, 0.3) is 0 Å². The Balaban J connectivity index is 3.45. The summed E-state index contributed by atoms with van der Waals surface area (Å²) in [6.45, 7) is 0. The van der Waals surface area contributed by atoms with Crippen LogP contribution in [-0.2, 0) is 29.1 Å². The van der Waals surface area contributed by atoms with Crippen molar-refractivity contribution in [2.24, 2.45) is 0 Å². The van der Waals surface area contributed by atoms with Gasteiger partial charge in [0, 0.05) is 8.54 Å². The lowest BCUT2D eigenvalue weighted by atomic mass is 10.1. The lowest BCUT2D eigenvalue weighted by molar-refractivity contribution is -0.290. The van der Waals surface area contributed by atoms with E-state index in [9.17, 15) is 34.9 Å². The summed E-state index contributed by atoms with van der Waals surface area (Å²) in [6, 6.07) is 2.46. The molecule has 0 N–H and O–H groups in total. The maximum atomic E-state index is 13.3. The first-order chi connectivity index (χ1) is 9.43. The van der Waals surface area contributed by atoms with Gasteiger partial charge >= 0.3 is 30.5 Å². The number of halogens is 5. The van der Waals surface area contributed by atoms with E-state index >= 15 is 0 Å². The summed E-state index contributed by atoms with van der Waals surface area (Å²) >= 11 is 0. The van der Waals surface area contributed by atoms with Crippen molar-refractivity contribution in [3.8, 4) is 0 Å². The van der Waals surface area contributed by atoms with Gasteiger partial charge in [0.1, 0.15) is 4.90 Å². The van der Waals surface area contributed by atoms with Gasteiger partial charge in [-0.2, -0.15) is 30.4 Å². The third-order valence-electron chi connectivity index (χ3n) is 2.16. The zero-order valence-corrected chi connectivity index (χ0v) is 11.8. The molecule has 1 unspecified atom stereocenters. The quantitative estimate of drug-likeness (QED) is 0.600. The maximum Gasteiger partial charge on any atom is 0.714 e. The van der Waals surface area contributed by atoms with E-state index in [1.807, 2.05) is 0 Å². The Morgan fingerprint density at radius 1 is 1.10 bits per heavy atom. The van der Waals surface area contributed by atoms with Crippen LogP contribution in [0.3, 0.4) is 0 Å². The summed E-state index contributed by atoms with van der Waals surface area (Å²) < 4.78 is 106. The molecule has 0 spiro atoms. The number of alkyl halides is 5. The van der Waals surface area contributed by atoms with Crippen molar-refractivity contribution in [1.29, 1.82) is 0 Å². The van der Waals surface area contributed by atoms with Gasteiger partial charge in [0.15, 0.2) is 0 Å². The summed E-state index contributed by atoms with van der Waals surface area (Å²) in [5.74, 6) is -5.43. The highest BCUT2D eigenvalue weighted by Gasteiger charge is 2.60. The van der Waals surface area contributed by atoms with E-state index in [0.29, 0.717) is 6.07 Å². The van der Waals surface area contributed by atoms with Crippen LogP contribution in [0.1, 0.15) is 5.56 Å². The predicted octanol–water partition coefficient (Wildman–Crippen LogP) is 3.35. The van der Waals surface area contributed by atoms with Crippen LogP contribution in [0.15, 0.2) is 29.2 Å². The molecule has 12 heteroatoms. The highest BCUT2D eigenvalue weighted by molar-refractivity contribution is 7.89. The molecular weight excluding hydrogens is 346 g/mol. The van der Waals surface area contributed by atoms with E-state index in [2.05, 4.69) is 8.49 Å². The van der Waals surface area contributed by atoms with Gasteiger partial charge in [-0.05, 0) is 6.07 Å². The van der Waals surface area contributed by atoms with Crippen LogP contribution in [0.4, 0.5) is 22.0 Å². The summed E-state index contributed by atoms with van der Waals surface area (Å²) in [4.78, 5) is -1.45. The van der Waals surface area contributed by atoms with Crippen molar-refractivity contribution >= 4 is 18.4 Å². The Morgan fingerprint density at radius 3 is 2.10 bits per heavy atom.